The van der Waals surface area contributed by atoms with Crippen LogP contribution in [-0.2, 0) is 23.9 Å². The fourth-order valence-corrected chi connectivity index (χ4v) is 3.31. The Morgan fingerprint density at radius 3 is 2.58 bits per heavy atom. The van der Waals surface area contributed by atoms with Crippen molar-refractivity contribution in [2.75, 3.05) is 26.5 Å². The molecule has 1 amide bonds. The predicted octanol–water partition coefficient (Wildman–Crippen LogP) is 4.51. The lowest BCUT2D eigenvalue weighted by atomic mass is 10.2. The lowest BCUT2D eigenvalue weighted by molar-refractivity contribution is -0.120. The number of hydrogen-bond donors (Lipinski definition) is 1. The zero-order valence-corrected chi connectivity index (χ0v) is 20.7. The minimum absolute atomic E-state index is 0.0164. The van der Waals surface area contributed by atoms with E-state index in [9.17, 15) is 14.4 Å². The Bertz CT molecular complexity index is 737. The van der Waals surface area contributed by atoms with Crippen LogP contribution in [0.15, 0.2) is 73.1 Å². The van der Waals surface area contributed by atoms with Crippen LogP contribution in [0, 0.1) is 0 Å². The molecule has 33 heavy (non-hydrogen) atoms. The zero-order chi connectivity index (χ0) is 24.7. The Labute approximate surface area is 202 Å². The van der Waals surface area contributed by atoms with Crippen molar-refractivity contribution in [3.63, 3.8) is 0 Å². The SMILES string of the molecule is C=CC(C=C/C=C/C(=O)CO/C(=C/C=C/CC(CC(=O)NC)SCC=O)C/C=C/CC)OC. The summed E-state index contributed by atoms with van der Waals surface area (Å²) in [6.07, 6.45) is 21.1. The van der Waals surface area contributed by atoms with Crippen molar-refractivity contribution in [1.29, 1.82) is 0 Å². The van der Waals surface area contributed by atoms with Gasteiger partial charge in [-0.1, -0.05) is 55.5 Å². The number of carbonyl (C=O) groups is 3. The van der Waals surface area contributed by atoms with Crippen molar-refractivity contribution >= 4 is 29.7 Å². The van der Waals surface area contributed by atoms with E-state index in [0.717, 1.165) is 12.7 Å². The first-order valence-corrected chi connectivity index (χ1v) is 12.0. The van der Waals surface area contributed by atoms with Gasteiger partial charge in [0.2, 0.25) is 5.91 Å². The molecule has 2 unspecified atom stereocenters. The minimum atomic E-state index is -0.194. The maximum Gasteiger partial charge on any atom is 0.220 e. The molecule has 0 aromatic heterocycles. The molecule has 6 nitrogen and oxygen atoms in total. The second kappa shape index (κ2) is 21.2. The number of carbonyl (C=O) groups excluding carboxylic acids is 3. The Hall–Kier alpha value is -2.64. The molecule has 0 fully saturated rings. The second-order valence-electron chi connectivity index (χ2n) is 6.81. The van der Waals surface area contributed by atoms with Crippen LogP contribution in [0.1, 0.15) is 32.6 Å². The summed E-state index contributed by atoms with van der Waals surface area (Å²) in [4.78, 5) is 34.4. The van der Waals surface area contributed by atoms with Crippen LogP contribution in [0.3, 0.4) is 0 Å². The van der Waals surface area contributed by atoms with Gasteiger partial charge in [0.1, 0.15) is 18.7 Å². The third-order valence-electron chi connectivity index (χ3n) is 4.23. The minimum Gasteiger partial charge on any atom is -0.489 e. The average Bonchev–Trinajstić information content (AvgIpc) is 2.82. The Morgan fingerprint density at radius 2 is 1.94 bits per heavy atom. The molecule has 0 aromatic rings. The highest BCUT2D eigenvalue weighted by Crippen LogP contribution is 2.18. The van der Waals surface area contributed by atoms with Gasteiger partial charge in [-0.3, -0.25) is 9.59 Å². The molecule has 0 aliphatic heterocycles. The number of allylic oxidation sites excluding steroid dienone is 7. The summed E-state index contributed by atoms with van der Waals surface area (Å²) in [6, 6.07) is 0. The van der Waals surface area contributed by atoms with E-state index in [4.69, 9.17) is 9.47 Å². The van der Waals surface area contributed by atoms with Gasteiger partial charge in [-0.2, -0.15) is 11.8 Å². The monoisotopic (exact) mass is 475 g/mol. The quantitative estimate of drug-likeness (QED) is 0.0973. The smallest absolute Gasteiger partial charge is 0.220 e. The molecule has 7 heteroatoms. The van der Waals surface area contributed by atoms with Gasteiger partial charge in [0.05, 0.1) is 6.10 Å². The number of ketones is 1. The Kier molecular flexibility index (Phi) is 19.5. The first kappa shape index (κ1) is 30.4. The molecule has 0 saturated carbocycles. The van der Waals surface area contributed by atoms with Crippen LogP contribution in [0.5, 0.6) is 0 Å². The van der Waals surface area contributed by atoms with E-state index in [-0.39, 0.29) is 29.7 Å². The van der Waals surface area contributed by atoms with E-state index in [2.05, 4.69) is 11.9 Å². The van der Waals surface area contributed by atoms with Gasteiger partial charge in [-0.15, -0.1) is 6.58 Å². The van der Waals surface area contributed by atoms with Crippen molar-refractivity contribution in [2.24, 2.45) is 0 Å². The van der Waals surface area contributed by atoms with E-state index in [1.54, 1.807) is 38.5 Å². The number of thioether (sulfide) groups is 1. The Balaban J connectivity index is 4.92. The predicted molar refractivity (Wildman–Crippen MR) is 137 cm³/mol. The van der Waals surface area contributed by atoms with Gasteiger partial charge in [-0.05, 0) is 25.0 Å². The fourth-order valence-electron chi connectivity index (χ4n) is 2.44. The standard InChI is InChI=1S/C26H37NO5S/c1-5-7-8-15-24(32-21-22(29)13-9-10-14-23(6-2)31-4)16-11-12-17-25(33-19-18-28)20-26(30)27-3/h6-14,16,18,23,25H,2,5,15,17,19-21H2,1,3-4H3,(H,27,30)/b8-7+,12-11+,13-9+,14-10?,24-16+. The summed E-state index contributed by atoms with van der Waals surface area (Å²) in [7, 11) is 3.18. The molecule has 0 saturated heterocycles. The third kappa shape index (κ3) is 17.6. The number of amides is 1. The number of methoxy groups -OCH3 is 1. The van der Waals surface area contributed by atoms with Crippen molar-refractivity contribution in [3.8, 4) is 0 Å². The maximum absolute atomic E-state index is 12.1. The van der Waals surface area contributed by atoms with Gasteiger partial charge < -0.3 is 19.6 Å². The molecule has 0 bridgehead atoms. The normalized spacial score (nSPS) is 14.2. The van der Waals surface area contributed by atoms with Crippen LogP contribution in [0.2, 0.25) is 0 Å². The molecule has 0 aromatic carbocycles. The van der Waals surface area contributed by atoms with Crippen LogP contribution in [-0.4, -0.2) is 55.8 Å². The lowest BCUT2D eigenvalue weighted by Crippen LogP contribution is -2.22. The second-order valence-corrected chi connectivity index (χ2v) is 8.15. The molecule has 0 spiro atoms. The molecule has 2 atom stereocenters. The van der Waals surface area contributed by atoms with Crippen LogP contribution in [0.4, 0.5) is 0 Å². The van der Waals surface area contributed by atoms with Crippen molar-refractivity contribution in [3.05, 3.63) is 73.1 Å². The molecular weight excluding hydrogens is 438 g/mol. The summed E-state index contributed by atoms with van der Waals surface area (Å²) in [5.41, 5.74) is 0. The summed E-state index contributed by atoms with van der Waals surface area (Å²) in [5.74, 6) is 0.811. The van der Waals surface area contributed by atoms with Crippen LogP contribution in [0.25, 0.3) is 0 Å². The van der Waals surface area contributed by atoms with Crippen molar-refractivity contribution in [2.45, 2.75) is 44.0 Å². The summed E-state index contributed by atoms with van der Waals surface area (Å²) >= 11 is 1.45. The molecule has 0 radical (unpaired) electrons. The highest BCUT2D eigenvalue weighted by atomic mass is 32.2. The van der Waals surface area contributed by atoms with Gasteiger partial charge in [0, 0.05) is 38.0 Å². The zero-order valence-electron chi connectivity index (χ0n) is 19.9. The van der Waals surface area contributed by atoms with Gasteiger partial charge in [0.15, 0.2) is 5.78 Å². The maximum atomic E-state index is 12.1. The third-order valence-corrected chi connectivity index (χ3v) is 5.39. The highest BCUT2D eigenvalue weighted by molar-refractivity contribution is 8.00. The summed E-state index contributed by atoms with van der Waals surface area (Å²) in [5, 5.41) is 2.63. The highest BCUT2D eigenvalue weighted by Gasteiger charge is 2.11. The summed E-state index contributed by atoms with van der Waals surface area (Å²) < 4.78 is 10.8. The van der Waals surface area contributed by atoms with Crippen molar-refractivity contribution in [1.82, 2.24) is 5.32 Å². The van der Waals surface area contributed by atoms with Crippen LogP contribution >= 0.6 is 11.8 Å². The molecule has 182 valence electrons. The lowest BCUT2D eigenvalue weighted by Gasteiger charge is -2.12. The molecular formula is C26H37NO5S. The van der Waals surface area contributed by atoms with Gasteiger partial charge in [0.25, 0.3) is 0 Å². The first-order chi connectivity index (χ1) is 16.0. The van der Waals surface area contributed by atoms with Gasteiger partial charge in [-0.25, -0.2) is 0 Å². The average molecular weight is 476 g/mol. The van der Waals surface area contributed by atoms with E-state index < -0.39 is 0 Å². The van der Waals surface area contributed by atoms with E-state index in [0.29, 0.717) is 30.8 Å². The first-order valence-electron chi connectivity index (χ1n) is 10.9. The number of rotatable bonds is 19. The Morgan fingerprint density at radius 1 is 1.15 bits per heavy atom. The largest absolute Gasteiger partial charge is 0.489 e. The molecule has 0 heterocycles. The molecule has 0 rings (SSSR count). The topological polar surface area (TPSA) is 81.7 Å². The van der Waals surface area contributed by atoms with E-state index in [1.807, 2.05) is 37.3 Å². The van der Waals surface area contributed by atoms with Crippen molar-refractivity contribution < 1.29 is 23.9 Å². The van der Waals surface area contributed by atoms with Gasteiger partial charge >= 0.3 is 0 Å². The molecule has 0 aliphatic carbocycles. The van der Waals surface area contributed by atoms with Crippen LogP contribution < -0.4 is 5.32 Å². The molecule has 1 N–H and O–H groups in total. The molecule has 0 aliphatic rings. The number of nitrogens with one attached hydrogen (secondary N) is 1. The van der Waals surface area contributed by atoms with E-state index in [1.165, 1.54) is 17.8 Å². The van der Waals surface area contributed by atoms with E-state index >= 15 is 0 Å². The number of aldehydes is 1. The summed E-state index contributed by atoms with van der Waals surface area (Å²) in [6.45, 7) is 5.64. The number of hydrogen-bond acceptors (Lipinski definition) is 6. The fraction of sp³-hybridized carbons (Fsp3) is 0.423. The number of ether oxygens (including phenoxy) is 2.